The number of carboxylic acid groups (broad SMARTS) is 1. The zero-order chi connectivity index (χ0) is 25.4. The monoisotopic (exact) mass is 510 g/mol. The summed E-state index contributed by atoms with van der Waals surface area (Å²) in [5, 5.41) is 12.4. The second-order valence-electron chi connectivity index (χ2n) is 9.81. The lowest BCUT2D eigenvalue weighted by Gasteiger charge is -2.23. The molecule has 0 saturated carbocycles. The molecule has 1 aliphatic rings. The van der Waals surface area contributed by atoms with Crippen LogP contribution in [0.2, 0.25) is 5.02 Å². The Morgan fingerprint density at radius 2 is 1.89 bits per heavy atom. The van der Waals surface area contributed by atoms with E-state index in [0.29, 0.717) is 18.2 Å². The van der Waals surface area contributed by atoms with Crippen LogP contribution in [0.4, 0.5) is 0 Å². The first-order chi connectivity index (χ1) is 18.0. The third kappa shape index (κ3) is 4.92. The molecule has 3 aromatic carbocycles. The highest BCUT2D eigenvalue weighted by atomic mass is 35.5. The molecule has 0 amide bonds. The molecular formula is C31H27ClN2O3. The van der Waals surface area contributed by atoms with E-state index < -0.39 is 5.97 Å². The molecule has 0 saturated heterocycles. The minimum absolute atomic E-state index is 0.146. The van der Waals surface area contributed by atoms with Crippen LogP contribution < -0.4 is 4.74 Å². The van der Waals surface area contributed by atoms with Crippen molar-refractivity contribution in [2.24, 2.45) is 5.92 Å². The number of aliphatic carboxylic acids is 1. The van der Waals surface area contributed by atoms with Crippen LogP contribution in [-0.2, 0) is 30.8 Å². The van der Waals surface area contributed by atoms with E-state index in [9.17, 15) is 9.90 Å². The molecule has 2 aromatic heterocycles. The number of ether oxygens (including phenoxy) is 1. The number of para-hydroxylation sites is 1. The van der Waals surface area contributed by atoms with Gasteiger partial charge < -0.3 is 14.4 Å². The number of nitrogens with zero attached hydrogens (tertiary/aromatic N) is 2. The number of aromatic nitrogens is 2. The molecule has 0 aliphatic heterocycles. The normalized spacial score (nSPS) is 15.1. The molecule has 0 fully saturated rings. The summed E-state index contributed by atoms with van der Waals surface area (Å²) in [5.74, 6) is 0.223. The van der Waals surface area contributed by atoms with E-state index in [2.05, 4.69) is 28.8 Å². The molecule has 0 radical (unpaired) electrons. The van der Waals surface area contributed by atoms with Crippen molar-refractivity contribution >= 4 is 39.4 Å². The fourth-order valence-electron chi connectivity index (χ4n) is 5.50. The van der Waals surface area contributed by atoms with Crippen LogP contribution in [0.3, 0.4) is 0 Å². The molecule has 2 heterocycles. The van der Waals surface area contributed by atoms with E-state index in [1.807, 2.05) is 54.6 Å². The van der Waals surface area contributed by atoms with Crippen LogP contribution in [0.1, 0.15) is 35.4 Å². The van der Waals surface area contributed by atoms with E-state index in [1.165, 1.54) is 16.6 Å². The van der Waals surface area contributed by atoms with Crippen molar-refractivity contribution in [2.45, 2.75) is 38.8 Å². The molecule has 5 aromatic rings. The zero-order valence-electron chi connectivity index (χ0n) is 20.4. The third-order valence-corrected chi connectivity index (χ3v) is 7.55. The second-order valence-corrected chi connectivity index (χ2v) is 10.2. The number of halogens is 1. The second kappa shape index (κ2) is 9.91. The Morgan fingerprint density at radius 3 is 2.73 bits per heavy atom. The first-order valence-electron chi connectivity index (χ1n) is 12.6. The van der Waals surface area contributed by atoms with Crippen molar-refractivity contribution in [2.75, 3.05) is 0 Å². The summed E-state index contributed by atoms with van der Waals surface area (Å²) in [6, 6.07) is 26.3. The molecule has 6 rings (SSSR count). The number of hydrogen-bond acceptors (Lipinski definition) is 3. The number of fused-ring (bicyclic) bond motifs is 4. The summed E-state index contributed by atoms with van der Waals surface area (Å²) in [7, 11) is 0. The van der Waals surface area contributed by atoms with Crippen LogP contribution in [0.25, 0.3) is 21.8 Å². The fourth-order valence-corrected chi connectivity index (χ4v) is 5.63. The Labute approximate surface area is 220 Å². The average molecular weight is 511 g/mol. The number of rotatable bonds is 7. The van der Waals surface area contributed by atoms with E-state index in [-0.39, 0.29) is 12.3 Å². The van der Waals surface area contributed by atoms with E-state index >= 15 is 0 Å². The van der Waals surface area contributed by atoms with Crippen LogP contribution in [0, 0.1) is 5.92 Å². The van der Waals surface area contributed by atoms with E-state index in [4.69, 9.17) is 21.3 Å². The number of pyridine rings is 1. The summed E-state index contributed by atoms with van der Waals surface area (Å²) < 4.78 is 8.53. The van der Waals surface area contributed by atoms with Gasteiger partial charge >= 0.3 is 5.97 Å². The minimum atomic E-state index is -0.730. The quantitative estimate of drug-likeness (QED) is 0.255. The summed E-state index contributed by atoms with van der Waals surface area (Å²) in [4.78, 5) is 16.1. The van der Waals surface area contributed by atoms with Gasteiger partial charge in [0.05, 0.1) is 11.2 Å². The molecule has 6 heteroatoms. The smallest absolute Gasteiger partial charge is 0.303 e. The van der Waals surface area contributed by atoms with Crippen molar-refractivity contribution in [1.29, 1.82) is 0 Å². The molecule has 1 N–H and O–H groups in total. The van der Waals surface area contributed by atoms with Crippen LogP contribution in [0.5, 0.6) is 5.75 Å². The van der Waals surface area contributed by atoms with Crippen LogP contribution in [-0.4, -0.2) is 20.6 Å². The molecule has 5 nitrogen and oxygen atoms in total. The lowest BCUT2D eigenvalue weighted by Crippen LogP contribution is -2.19. The number of carbonyl (C=O) groups is 1. The van der Waals surface area contributed by atoms with Crippen molar-refractivity contribution < 1.29 is 14.6 Å². The Morgan fingerprint density at radius 1 is 1.05 bits per heavy atom. The maximum Gasteiger partial charge on any atom is 0.303 e. The highest BCUT2D eigenvalue weighted by Crippen LogP contribution is 2.37. The van der Waals surface area contributed by atoms with Gasteiger partial charge in [-0.2, -0.15) is 0 Å². The van der Waals surface area contributed by atoms with Crippen molar-refractivity contribution in [3.63, 3.8) is 0 Å². The first kappa shape index (κ1) is 23.6. The number of carboxylic acids is 1. The summed E-state index contributed by atoms with van der Waals surface area (Å²) in [6.45, 7) is 1.11. The van der Waals surface area contributed by atoms with E-state index in [1.54, 1.807) is 0 Å². The number of hydrogen-bond donors (Lipinski definition) is 1. The van der Waals surface area contributed by atoms with Crippen molar-refractivity contribution in [1.82, 2.24) is 9.55 Å². The van der Waals surface area contributed by atoms with Gasteiger partial charge in [0, 0.05) is 40.0 Å². The van der Waals surface area contributed by atoms with Gasteiger partial charge in [0.25, 0.3) is 0 Å². The molecule has 0 bridgehead atoms. The summed E-state index contributed by atoms with van der Waals surface area (Å²) in [5.41, 5.74) is 6.69. The van der Waals surface area contributed by atoms with Gasteiger partial charge in [0.1, 0.15) is 12.4 Å². The van der Waals surface area contributed by atoms with Gasteiger partial charge in [-0.05, 0) is 78.8 Å². The van der Waals surface area contributed by atoms with Crippen molar-refractivity contribution in [3.05, 3.63) is 106 Å². The first-order valence-corrected chi connectivity index (χ1v) is 13.0. The van der Waals surface area contributed by atoms with E-state index in [0.717, 1.165) is 52.7 Å². The third-order valence-electron chi connectivity index (χ3n) is 7.30. The lowest BCUT2D eigenvalue weighted by atomic mass is 9.85. The van der Waals surface area contributed by atoms with Gasteiger partial charge in [-0.15, -0.1) is 0 Å². The number of benzene rings is 3. The maximum atomic E-state index is 11.4. The minimum Gasteiger partial charge on any atom is -0.487 e. The molecule has 1 atom stereocenters. The molecule has 186 valence electrons. The topological polar surface area (TPSA) is 64.3 Å². The highest BCUT2D eigenvalue weighted by molar-refractivity contribution is 6.30. The van der Waals surface area contributed by atoms with Gasteiger partial charge in [0.2, 0.25) is 0 Å². The Balaban J connectivity index is 1.32. The van der Waals surface area contributed by atoms with Crippen LogP contribution in [0.15, 0.2) is 78.9 Å². The Hall–Kier alpha value is -3.83. The largest absolute Gasteiger partial charge is 0.487 e. The highest BCUT2D eigenvalue weighted by Gasteiger charge is 2.27. The van der Waals surface area contributed by atoms with Crippen LogP contribution >= 0.6 is 11.6 Å². The van der Waals surface area contributed by atoms with Gasteiger partial charge in [-0.1, -0.05) is 48.0 Å². The maximum absolute atomic E-state index is 11.4. The molecule has 37 heavy (non-hydrogen) atoms. The molecule has 1 unspecified atom stereocenters. The van der Waals surface area contributed by atoms with Crippen molar-refractivity contribution in [3.8, 4) is 5.75 Å². The standard InChI is InChI=1S/C31H27ClN2O3/c32-23-9-5-20(6-10-23)18-34-29-14-12-25(37-19-24-11-8-22-3-1-2-4-28(22)33-24)17-27(29)26-13-7-21(15-30(26)34)16-31(35)36/h1-6,8-12,14,17,21H,7,13,15-16,18-19H2,(H,35,36). The Bertz CT molecular complexity index is 1610. The predicted octanol–water partition coefficient (Wildman–Crippen LogP) is 7.05. The summed E-state index contributed by atoms with van der Waals surface area (Å²) in [6.07, 6.45) is 2.72. The lowest BCUT2D eigenvalue weighted by molar-refractivity contribution is -0.138. The molecule has 0 spiro atoms. The zero-order valence-corrected chi connectivity index (χ0v) is 21.1. The van der Waals surface area contributed by atoms with Gasteiger partial charge in [0.15, 0.2) is 0 Å². The Kier molecular flexibility index (Phi) is 6.31. The SMILES string of the molecule is O=C(O)CC1CCc2c(n(Cc3ccc(Cl)cc3)c3ccc(OCc4ccc5ccccc5n4)cc23)C1. The van der Waals surface area contributed by atoms with Gasteiger partial charge in [-0.3, -0.25) is 4.79 Å². The van der Waals surface area contributed by atoms with Gasteiger partial charge in [-0.25, -0.2) is 4.98 Å². The predicted molar refractivity (Wildman–Crippen MR) is 146 cm³/mol. The molecular weight excluding hydrogens is 484 g/mol. The number of aryl methyl sites for hydroxylation is 1. The fraction of sp³-hybridized carbons (Fsp3) is 0.226. The average Bonchev–Trinajstić information content (AvgIpc) is 3.20. The molecule has 1 aliphatic carbocycles. The summed E-state index contributed by atoms with van der Waals surface area (Å²) >= 11 is 6.11.